The first-order valence-electron chi connectivity index (χ1n) is 6.32. The van der Waals surface area contributed by atoms with Gasteiger partial charge in [-0.3, -0.25) is 9.59 Å². The van der Waals surface area contributed by atoms with Gasteiger partial charge in [0.05, 0.1) is 18.1 Å². The van der Waals surface area contributed by atoms with E-state index in [1.807, 2.05) is 0 Å². The highest BCUT2D eigenvalue weighted by molar-refractivity contribution is 5.89. The van der Waals surface area contributed by atoms with E-state index in [-0.39, 0.29) is 30.2 Å². The fraction of sp³-hybridized carbons (Fsp3) is 0.833. The van der Waals surface area contributed by atoms with Crippen LogP contribution in [0.4, 0.5) is 0 Å². The minimum absolute atomic E-state index is 0. The molecule has 1 unspecified atom stereocenters. The molecule has 2 aliphatic rings. The van der Waals surface area contributed by atoms with Gasteiger partial charge in [0.1, 0.15) is 0 Å². The van der Waals surface area contributed by atoms with Crippen molar-refractivity contribution >= 4 is 24.3 Å². The van der Waals surface area contributed by atoms with Crippen molar-refractivity contribution < 1.29 is 14.3 Å². The van der Waals surface area contributed by atoms with E-state index in [1.54, 1.807) is 11.8 Å². The second kappa shape index (κ2) is 5.89. The number of amides is 1. The van der Waals surface area contributed by atoms with Crippen molar-refractivity contribution in [2.24, 2.45) is 11.7 Å². The molecular formula is C12H21ClN2O3. The first kappa shape index (κ1) is 15.2. The molecule has 2 N–H and O–H groups in total. The van der Waals surface area contributed by atoms with Crippen molar-refractivity contribution in [3.05, 3.63) is 0 Å². The van der Waals surface area contributed by atoms with E-state index >= 15 is 0 Å². The summed E-state index contributed by atoms with van der Waals surface area (Å²) < 4.78 is 5.00. The highest BCUT2D eigenvalue weighted by Gasteiger charge is 2.49. The van der Waals surface area contributed by atoms with Gasteiger partial charge in [0.15, 0.2) is 0 Å². The van der Waals surface area contributed by atoms with Gasteiger partial charge in [-0.1, -0.05) is 0 Å². The maximum atomic E-state index is 12.1. The van der Waals surface area contributed by atoms with Crippen LogP contribution in [0.5, 0.6) is 0 Å². The van der Waals surface area contributed by atoms with Crippen molar-refractivity contribution in [3.8, 4) is 0 Å². The Morgan fingerprint density at radius 3 is 2.67 bits per heavy atom. The van der Waals surface area contributed by atoms with E-state index in [2.05, 4.69) is 0 Å². The third-order valence-corrected chi connectivity index (χ3v) is 3.54. The molecule has 1 aliphatic carbocycles. The number of esters is 1. The fourth-order valence-corrected chi connectivity index (χ4v) is 2.28. The van der Waals surface area contributed by atoms with E-state index in [0.29, 0.717) is 19.7 Å². The Hall–Kier alpha value is -0.810. The van der Waals surface area contributed by atoms with Crippen LogP contribution in [0.2, 0.25) is 0 Å². The van der Waals surface area contributed by atoms with E-state index in [1.165, 1.54) is 0 Å². The quantitative estimate of drug-likeness (QED) is 0.770. The monoisotopic (exact) mass is 276 g/mol. The van der Waals surface area contributed by atoms with Gasteiger partial charge in [-0.25, -0.2) is 0 Å². The summed E-state index contributed by atoms with van der Waals surface area (Å²) in [7, 11) is 0. The summed E-state index contributed by atoms with van der Waals surface area (Å²) in [4.78, 5) is 25.4. The van der Waals surface area contributed by atoms with Crippen LogP contribution in [0.15, 0.2) is 0 Å². The SMILES string of the molecule is CCOC(=O)C1CCCN(C(=O)C2(N)CC2)C1.Cl. The number of hydrogen-bond acceptors (Lipinski definition) is 4. The van der Waals surface area contributed by atoms with Crippen LogP contribution >= 0.6 is 12.4 Å². The Morgan fingerprint density at radius 1 is 1.44 bits per heavy atom. The third-order valence-electron chi connectivity index (χ3n) is 3.54. The zero-order chi connectivity index (χ0) is 12.5. The maximum Gasteiger partial charge on any atom is 0.310 e. The molecule has 18 heavy (non-hydrogen) atoms. The Balaban J connectivity index is 0.00000162. The molecule has 1 heterocycles. The second-order valence-electron chi connectivity index (χ2n) is 5.00. The topological polar surface area (TPSA) is 72.6 Å². The van der Waals surface area contributed by atoms with E-state index < -0.39 is 5.54 Å². The fourth-order valence-electron chi connectivity index (χ4n) is 2.28. The number of carbonyl (C=O) groups excluding carboxylic acids is 2. The first-order valence-corrected chi connectivity index (χ1v) is 6.32. The van der Waals surface area contributed by atoms with E-state index in [4.69, 9.17) is 10.5 Å². The molecule has 1 saturated carbocycles. The van der Waals surface area contributed by atoms with Gasteiger partial charge < -0.3 is 15.4 Å². The molecule has 1 amide bonds. The van der Waals surface area contributed by atoms with Crippen LogP contribution in [-0.4, -0.2) is 42.0 Å². The summed E-state index contributed by atoms with van der Waals surface area (Å²) in [5.74, 6) is -0.353. The van der Waals surface area contributed by atoms with Crippen molar-refractivity contribution in [2.75, 3.05) is 19.7 Å². The number of hydrogen-bond donors (Lipinski definition) is 1. The number of rotatable bonds is 3. The van der Waals surface area contributed by atoms with Crippen molar-refractivity contribution in [1.29, 1.82) is 0 Å². The molecule has 6 heteroatoms. The molecule has 2 fully saturated rings. The van der Waals surface area contributed by atoms with Crippen LogP contribution in [0.3, 0.4) is 0 Å². The lowest BCUT2D eigenvalue weighted by atomic mass is 9.97. The predicted octanol–water partition coefficient (Wildman–Crippen LogP) is 0.701. The summed E-state index contributed by atoms with van der Waals surface area (Å²) >= 11 is 0. The second-order valence-corrected chi connectivity index (χ2v) is 5.00. The number of likely N-dealkylation sites (tertiary alicyclic amines) is 1. The maximum absolute atomic E-state index is 12.1. The summed E-state index contributed by atoms with van der Waals surface area (Å²) in [6.45, 7) is 3.37. The highest BCUT2D eigenvalue weighted by atomic mass is 35.5. The molecule has 2 rings (SSSR count). The Morgan fingerprint density at radius 2 is 2.11 bits per heavy atom. The average molecular weight is 277 g/mol. The number of ether oxygens (including phenoxy) is 1. The van der Waals surface area contributed by atoms with Crippen LogP contribution < -0.4 is 5.73 Å². The number of piperidine rings is 1. The number of nitrogens with two attached hydrogens (primary N) is 1. The molecule has 1 atom stereocenters. The molecule has 104 valence electrons. The molecule has 1 saturated heterocycles. The van der Waals surface area contributed by atoms with E-state index in [0.717, 1.165) is 25.7 Å². The van der Waals surface area contributed by atoms with Gasteiger partial charge in [-0.05, 0) is 32.6 Å². The zero-order valence-corrected chi connectivity index (χ0v) is 11.5. The van der Waals surface area contributed by atoms with Crippen molar-refractivity contribution in [3.63, 3.8) is 0 Å². The minimum Gasteiger partial charge on any atom is -0.466 e. The van der Waals surface area contributed by atoms with Crippen LogP contribution in [0.25, 0.3) is 0 Å². The van der Waals surface area contributed by atoms with Gasteiger partial charge >= 0.3 is 5.97 Å². The van der Waals surface area contributed by atoms with Crippen LogP contribution in [0.1, 0.15) is 32.6 Å². The minimum atomic E-state index is -0.628. The Labute approximate surface area is 113 Å². The van der Waals surface area contributed by atoms with Gasteiger partial charge in [-0.15, -0.1) is 12.4 Å². The lowest BCUT2D eigenvalue weighted by Crippen LogP contribution is -2.50. The third kappa shape index (κ3) is 3.14. The zero-order valence-electron chi connectivity index (χ0n) is 10.7. The lowest BCUT2D eigenvalue weighted by molar-refractivity contribution is -0.151. The Bertz CT molecular complexity index is 331. The van der Waals surface area contributed by atoms with Crippen molar-refractivity contribution in [2.45, 2.75) is 38.1 Å². The number of halogens is 1. The number of nitrogens with zero attached hydrogens (tertiary/aromatic N) is 1. The molecule has 0 spiro atoms. The summed E-state index contributed by atoms with van der Waals surface area (Å²) in [5.41, 5.74) is 5.27. The predicted molar refractivity (Wildman–Crippen MR) is 69.3 cm³/mol. The highest BCUT2D eigenvalue weighted by Crippen LogP contribution is 2.35. The largest absolute Gasteiger partial charge is 0.466 e. The normalized spacial score (nSPS) is 25.0. The summed E-state index contributed by atoms with van der Waals surface area (Å²) in [5, 5.41) is 0. The average Bonchev–Trinajstić information content (AvgIpc) is 3.08. The van der Waals surface area contributed by atoms with Gasteiger partial charge in [-0.2, -0.15) is 0 Å². The summed E-state index contributed by atoms with van der Waals surface area (Å²) in [6, 6.07) is 0. The van der Waals surface area contributed by atoms with Gasteiger partial charge in [0.25, 0.3) is 0 Å². The molecule has 0 aromatic heterocycles. The number of carbonyl (C=O) groups is 2. The standard InChI is InChI=1S/C12H20N2O3.ClH/c1-2-17-10(15)9-4-3-7-14(8-9)11(16)12(13)5-6-12;/h9H,2-8,13H2,1H3;1H. The molecule has 1 aliphatic heterocycles. The van der Waals surface area contributed by atoms with Gasteiger partial charge in [0, 0.05) is 13.1 Å². The molecular weight excluding hydrogens is 256 g/mol. The summed E-state index contributed by atoms with van der Waals surface area (Å²) in [6.07, 6.45) is 3.20. The van der Waals surface area contributed by atoms with Crippen LogP contribution in [0, 0.1) is 5.92 Å². The van der Waals surface area contributed by atoms with Crippen LogP contribution in [-0.2, 0) is 14.3 Å². The van der Waals surface area contributed by atoms with E-state index in [9.17, 15) is 9.59 Å². The molecule has 0 aromatic carbocycles. The smallest absolute Gasteiger partial charge is 0.310 e. The first-order chi connectivity index (χ1) is 8.07. The molecule has 0 bridgehead atoms. The Kier molecular flexibility index (Phi) is 4.99. The van der Waals surface area contributed by atoms with Gasteiger partial charge in [0.2, 0.25) is 5.91 Å². The molecule has 0 radical (unpaired) electrons. The molecule has 5 nitrogen and oxygen atoms in total. The van der Waals surface area contributed by atoms with Crippen molar-refractivity contribution in [1.82, 2.24) is 4.90 Å². The molecule has 0 aromatic rings. The lowest BCUT2D eigenvalue weighted by Gasteiger charge is -2.33.